The van der Waals surface area contributed by atoms with Crippen LogP contribution in [-0.2, 0) is 12.8 Å². The monoisotopic (exact) mass is 293 g/mol. The lowest BCUT2D eigenvalue weighted by Crippen LogP contribution is -2.09. The molecule has 0 aliphatic heterocycles. The molecule has 0 atom stereocenters. The van der Waals surface area contributed by atoms with Crippen molar-refractivity contribution in [2.45, 2.75) is 12.8 Å². The smallest absolute Gasteiger partial charge is 0.416 e. The summed E-state index contributed by atoms with van der Waals surface area (Å²) >= 11 is 0. The van der Waals surface area contributed by atoms with Gasteiger partial charge < -0.3 is 9.84 Å². The number of aliphatic hydroxyl groups excluding tert-OH is 1. The fraction of sp³-hybridized carbons (Fsp3) is 0.133. The quantitative estimate of drug-likeness (QED) is 0.934. The van der Waals surface area contributed by atoms with E-state index in [9.17, 15) is 13.2 Å². The van der Waals surface area contributed by atoms with E-state index in [4.69, 9.17) is 15.1 Å². The molecule has 0 aromatic heterocycles. The molecule has 0 saturated carbocycles. The molecule has 1 N–H and O–H groups in total. The van der Waals surface area contributed by atoms with E-state index in [-0.39, 0.29) is 22.6 Å². The van der Waals surface area contributed by atoms with Crippen molar-refractivity contribution in [3.63, 3.8) is 0 Å². The Labute approximate surface area is 118 Å². The van der Waals surface area contributed by atoms with Gasteiger partial charge in [0.05, 0.1) is 17.7 Å². The Kier molecular flexibility index (Phi) is 4.15. The van der Waals surface area contributed by atoms with Gasteiger partial charge in [-0.2, -0.15) is 18.4 Å². The van der Waals surface area contributed by atoms with Crippen LogP contribution in [0.5, 0.6) is 11.5 Å². The number of hydrogen-bond donors (Lipinski definition) is 1. The van der Waals surface area contributed by atoms with Gasteiger partial charge in [0.1, 0.15) is 17.6 Å². The number of nitriles is 1. The highest BCUT2D eigenvalue weighted by atomic mass is 19.4. The molecule has 108 valence electrons. The molecule has 0 unspecified atom stereocenters. The average Bonchev–Trinajstić information content (AvgIpc) is 2.47. The molecular formula is C15H10F3NO2. The van der Waals surface area contributed by atoms with E-state index >= 15 is 0 Å². The molecular weight excluding hydrogens is 283 g/mol. The first-order valence-electron chi connectivity index (χ1n) is 5.93. The number of alkyl halides is 3. The molecule has 3 nitrogen and oxygen atoms in total. The van der Waals surface area contributed by atoms with E-state index in [1.165, 1.54) is 18.2 Å². The Morgan fingerprint density at radius 2 is 1.86 bits per heavy atom. The van der Waals surface area contributed by atoms with E-state index in [1.807, 2.05) is 6.07 Å². The van der Waals surface area contributed by atoms with Crippen LogP contribution in [0.3, 0.4) is 0 Å². The van der Waals surface area contributed by atoms with Crippen LogP contribution in [0.2, 0.25) is 0 Å². The highest BCUT2D eigenvalue weighted by Gasteiger charge is 2.33. The van der Waals surface area contributed by atoms with Gasteiger partial charge in [-0.3, -0.25) is 0 Å². The van der Waals surface area contributed by atoms with Gasteiger partial charge in [0.25, 0.3) is 0 Å². The maximum absolute atomic E-state index is 12.9. The molecule has 0 amide bonds. The second-order valence-corrected chi connectivity index (χ2v) is 4.18. The lowest BCUT2D eigenvalue weighted by molar-refractivity contribution is -0.138. The lowest BCUT2D eigenvalue weighted by Gasteiger charge is -2.14. The maximum Gasteiger partial charge on any atom is 0.416 e. The van der Waals surface area contributed by atoms with Crippen LogP contribution in [0.1, 0.15) is 16.7 Å². The molecule has 6 heteroatoms. The van der Waals surface area contributed by atoms with E-state index in [2.05, 4.69) is 0 Å². The Hall–Kier alpha value is -2.52. The van der Waals surface area contributed by atoms with Gasteiger partial charge in [-0.1, -0.05) is 18.2 Å². The van der Waals surface area contributed by atoms with E-state index in [0.717, 1.165) is 12.1 Å². The minimum absolute atomic E-state index is 0.0535. The van der Waals surface area contributed by atoms with Crippen molar-refractivity contribution >= 4 is 0 Å². The number of para-hydroxylation sites is 1. The Balaban J connectivity index is 2.40. The van der Waals surface area contributed by atoms with Crippen LogP contribution in [0.15, 0.2) is 42.5 Å². The average molecular weight is 293 g/mol. The molecule has 2 rings (SSSR count). The topological polar surface area (TPSA) is 53.2 Å². The van der Waals surface area contributed by atoms with E-state index in [0.29, 0.717) is 0 Å². The van der Waals surface area contributed by atoms with Crippen LogP contribution in [0, 0.1) is 11.3 Å². The van der Waals surface area contributed by atoms with Gasteiger partial charge in [0, 0.05) is 0 Å². The summed E-state index contributed by atoms with van der Waals surface area (Å²) in [5.41, 5.74) is -0.974. The molecule has 0 radical (unpaired) electrons. The Morgan fingerprint density at radius 3 is 2.48 bits per heavy atom. The van der Waals surface area contributed by atoms with Crippen molar-refractivity contribution < 1.29 is 23.0 Å². The second-order valence-electron chi connectivity index (χ2n) is 4.18. The van der Waals surface area contributed by atoms with Gasteiger partial charge in [-0.15, -0.1) is 0 Å². The molecule has 2 aromatic rings. The SMILES string of the molecule is N#Cc1ccccc1Oc1ccc(CO)c(C(F)(F)F)c1. The molecule has 0 fully saturated rings. The molecule has 21 heavy (non-hydrogen) atoms. The third-order valence-electron chi connectivity index (χ3n) is 2.79. The van der Waals surface area contributed by atoms with Crippen molar-refractivity contribution in [2.24, 2.45) is 0 Å². The Bertz CT molecular complexity index is 690. The van der Waals surface area contributed by atoms with Gasteiger partial charge in [0.15, 0.2) is 0 Å². The number of aliphatic hydroxyl groups is 1. The van der Waals surface area contributed by atoms with E-state index in [1.54, 1.807) is 12.1 Å². The predicted octanol–water partition coefficient (Wildman–Crippen LogP) is 3.86. The highest BCUT2D eigenvalue weighted by molar-refractivity contribution is 5.46. The van der Waals surface area contributed by atoms with Gasteiger partial charge in [-0.25, -0.2) is 0 Å². The van der Waals surface area contributed by atoms with Crippen LogP contribution < -0.4 is 4.74 Å². The zero-order valence-electron chi connectivity index (χ0n) is 10.7. The lowest BCUT2D eigenvalue weighted by atomic mass is 10.1. The highest BCUT2D eigenvalue weighted by Crippen LogP contribution is 2.36. The summed E-state index contributed by atoms with van der Waals surface area (Å²) in [6, 6.07) is 11.4. The first kappa shape index (κ1) is 14.9. The Morgan fingerprint density at radius 1 is 1.14 bits per heavy atom. The molecule has 0 saturated heterocycles. The third-order valence-corrected chi connectivity index (χ3v) is 2.79. The van der Waals surface area contributed by atoms with Crippen molar-refractivity contribution in [3.05, 3.63) is 59.2 Å². The van der Waals surface area contributed by atoms with Crippen molar-refractivity contribution in [2.75, 3.05) is 0 Å². The van der Waals surface area contributed by atoms with E-state index < -0.39 is 18.3 Å². The fourth-order valence-electron chi connectivity index (χ4n) is 1.80. The normalized spacial score (nSPS) is 11.0. The molecule has 0 bridgehead atoms. The largest absolute Gasteiger partial charge is 0.456 e. The van der Waals surface area contributed by atoms with Crippen LogP contribution in [0.4, 0.5) is 13.2 Å². The standard InChI is InChI=1S/C15H10F3NO2/c16-15(17,18)13-7-12(6-5-11(13)9-20)21-14-4-2-1-3-10(14)8-19/h1-7,20H,9H2. The summed E-state index contributed by atoms with van der Waals surface area (Å²) in [4.78, 5) is 0. The second kappa shape index (κ2) is 5.85. The van der Waals surface area contributed by atoms with Crippen LogP contribution in [0.25, 0.3) is 0 Å². The summed E-state index contributed by atoms with van der Waals surface area (Å²) < 4.78 is 44.0. The van der Waals surface area contributed by atoms with Crippen LogP contribution >= 0.6 is 0 Å². The number of ether oxygens (including phenoxy) is 1. The molecule has 0 heterocycles. The first-order valence-corrected chi connectivity index (χ1v) is 5.93. The van der Waals surface area contributed by atoms with Crippen molar-refractivity contribution in [3.8, 4) is 17.6 Å². The third kappa shape index (κ3) is 3.33. The molecule has 2 aromatic carbocycles. The number of nitrogens with zero attached hydrogens (tertiary/aromatic N) is 1. The fourth-order valence-corrected chi connectivity index (χ4v) is 1.80. The van der Waals surface area contributed by atoms with Crippen molar-refractivity contribution in [1.29, 1.82) is 5.26 Å². The molecule has 0 aliphatic rings. The molecule has 0 aliphatic carbocycles. The summed E-state index contributed by atoms with van der Waals surface area (Å²) in [5, 5.41) is 17.9. The number of hydrogen-bond acceptors (Lipinski definition) is 3. The minimum Gasteiger partial charge on any atom is -0.456 e. The summed E-state index contributed by atoms with van der Waals surface area (Å²) in [7, 11) is 0. The number of rotatable bonds is 3. The minimum atomic E-state index is -4.59. The molecule has 0 spiro atoms. The number of halogens is 3. The zero-order valence-corrected chi connectivity index (χ0v) is 10.7. The predicted molar refractivity (Wildman–Crippen MR) is 68.6 cm³/mol. The number of benzene rings is 2. The van der Waals surface area contributed by atoms with Crippen molar-refractivity contribution in [1.82, 2.24) is 0 Å². The van der Waals surface area contributed by atoms with Gasteiger partial charge in [0.2, 0.25) is 0 Å². The van der Waals surface area contributed by atoms with Gasteiger partial charge in [-0.05, 0) is 29.8 Å². The summed E-state index contributed by atoms with van der Waals surface area (Å²) in [5.74, 6) is 0.118. The summed E-state index contributed by atoms with van der Waals surface area (Å²) in [6.45, 7) is -0.718. The van der Waals surface area contributed by atoms with Gasteiger partial charge >= 0.3 is 6.18 Å². The summed E-state index contributed by atoms with van der Waals surface area (Å²) in [6.07, 6.45) is -4.59. The maximum atomic E-state index is 12.9. The zero-order chi connectivity index (χ0) is 15.5. The van der Waals surface area contributed by atoms with Crippen LogP contribution in [-0.4, -0.2) is 5.11 Å². The first-order chi connectivity index (χ1) is 9.95.